The maximum Gasteiger partial charge on any atom is 0.321 e. The second-order valence-corrected chi connectivity index (χ2v) is 7.23. The minimum absolute atomic E-state index is 0.0496. The normalized spacial score (nSPS) is 12.7. The third kappa shape index (κ3) is 5.35. The van der Waals surface area contributed by atoms with Gasteiger partial charge in [-0.3, -0.25) is 9.59 Å². The Kier molecular flexibility index (Phi) is 7.27. The molecule has 1 aromatic rings. The predicted octanol–water partition coefficient (Wildman–Crippen LogP) is 2.50. The fourth-order valence-electron chi connectivity index (χ4n) is 1.99. The third-order valence-electron chi connectivity index (χ3n) is 3.14. The van der Waals surface area contributed by atoms with Crippen LogP contribution in [-0.4, -0.2) is 31.4 Å². The van der Waals surface area contributed by atoms with Crippen LogP contribution in [0.2, 0.25) is 5.02 Å². The van der Waals surface area contributed by atoms with E-state index in [2.05, 4.69) is 5.32 Å². The van der Waals surface area contributed by atoms with Crippen molar-refractivity contribution in [2.45, 2.75) is 44.0 Å². The molecule has 7 nitrogen and oxygen atoms in total. The van der Waals surface area contributed by atoms with Crippen molar-refractivity contribution in [3.8, 4) is 0 Å². The van der Waals surface area contributed by atoms with Crippen LogP contribution in [-0.2, 0) is 19.6 Å². The molecule has 1 aromatic carbocycles. The maximum atomic E-state index is 14.3. The highest BCUT2D eigenvalue weighted by Crippen LogP contribution is 2.32. The Hall–Kier alpha value is -1.78. The van der Waals surface area contributed by atoms with Gasteiger partial charge in [0.25, 0.3) is 0 Å². The molecule has 0 radical (unpaired) electrons. The van der Waals surface area contributed by atoms with E-state index in [-0.39, 0.29) is 6.42 Å². The molecule has 0 aliphatic rings. The SMILES string of the molecule is CCCC[C@H](NS(=O)(=O)c1c(F)cc(NC(C)=O)c(Cl)c1F)C(=O)O. The lowest BCUT2D eigenvalue weighted by atomic mass is 10.1. The summed E-state index contributed by atoms with van der Waals surface area (Å²) in [5.74, 6) is -5.28. The fraction of sp³-hybridized carbons (Fsp3) is 0.429. The lowest BCUT2D eigenvalue weighted by Crippen LogP contribution is -2.41. The summed E-state index contributed by atoms with van der Waals surface area (Å²) in [5.41, 5.74) is -0.441. The first-order valence-electron chi connectivity index (χ1n) is 7.21. The summed E-state index contributed by atoms with van der Waals surface area (Å²) in [5, 5.41) is 10.3. The van der Waals surface area contributed by atoms with Gasteiger partial charge in [-0.15, -0.1) is 0 Å². The molecule has 11 heteroatoms. The molecule has 0 saturated heterocycles. The third-order valence-corrected chi connectivity index (χ3v) is 5.01. The summed E-state index contributed by atoms with van der Waals surface area (Å²) < 4.78 is 54.6. The van der Waals surface area contributed by atoms with E-state index in [4.69, 9.17) is 16.7 Å². The molecule has 25 heavy (non-hydrogen) atoms. The number of unbranched alkanes of at least 4 members (excludes halogenated alkanes) is 1. The van der Waals surface area contributed by atoms with Crippen LogP contribution in [0, 0.1) is 11.6 Å². The first-order chi connectivity index (χ1) is 11.5. The number of sulfonamides is 1. The highest BCUT2D eigenvalue weighted by molar-refractivity contribution is 7.89. The van der Waals surface area contributed by atoms with Crippen LogP contribution >= 0.6 is 11.6 Å². The van der Waals surface area contributed by atoms with Gasteiger partial charge in [0.15, 0.2) is 10.7 Å². The van der Waals surface area contributed by atoms with E-state index in [1.54, 1.807) is 11.6 Å². The zero-order valence-corrected chi connectivity index (χ0v) is 15.0. The first-order valence-corrected chi connectivity index (χ1v) is 9.07. The molecule has 1 atom stereocenters. The molecule has 0 aliphatic carbocycles. The van der Waals surface area contributed by atoms with Crippen molar-refractivity contribution >= 4 is 39.2 Å². The van der Waals surface area contributed by atoms with Crippen LogP contribution in [0.3, 0.4) is 0 Å². The van der Waals surface area contributed by atoms with Crippen molar-refractivity contribution < 1.29 is 31.9 Å². The first kappa shape index (κ1) is 21.3. The minimum atomic E-state index is -4.84. The van der Waals surface area contributed by atoms with Crippen molar-refractivity contribution in [3.05, 3.63) is 22.7 Å². The van der Waals surface area contributed by atoms with Gasteiger partial charge in [-0.25, -0.2) is 17.2 Å². The standard InChI is InChI=1S/C14H17ClF2N2O5S/c1-3-4-5-9(14(21)22)19-25(23,24)13-8(16)6-10(18-7(2)20)11(15)12(13)17/h6,9,19H,3-5H2,1-2H3,(H,18,20)(H,21,22)/t9-/m0/s1. The van der Waals surface area contributed by atoms with Gasteiger partial charge in [0, 0.05) is 13.0 Å². The molecular weight excluding hydrogens is 382 g/mol. The fourth-order valence-corrected chi connectivity index (χ4v) is 3.61. The number of halogens is 3. The Labute approximate surface area is 148 Å². The smallest absolute Gasteiger partial charge is 0.321 e. The lowest BCUT2D eigenvalue weighted by molar-refractivity contribution is -0.139. The highest BCUT2D eigenvalue weighted by Gasteiger charge is 2.32. The Morgan fingerprint density at radius 1 is 1.36 bits per heavy atom. The molecule has 0 aliphatic heterocycles. The number of aliphatic carboxylic acids is 1. The Morgan fingerprint density at radius 2 is 1.96 bits per heavy atom. The number of amides is 1. The van der Waals surface area contributed by atoms with Crippen LogP contribution in [0.25, 0.3) is 0 Å². The predicted molar refractivity (Wildman–Crippen MR) is 86.9 cm³/mol. The molecule has 0 spiro atoms. The van der Waals surface area contributed by atoms with Crippen molar-refractivity contribution in [1.82, 2.24) is 4.72 Å². The van der Waals surface area contributed by atoms with Crippen LogP contribution in [0.15, 0.2) is 11.0 Å². The second kappa shape index (κ2) is 8.54. The molecule has 0 saturated carbocycles. The zero-order chi connectivity index (χ0) is 19.4. The van der Waals surface area contributed by atoms with Gasteiger partial charge in [-0.05, 0) is 6.42 Å². The quantitative estimate of drug-likeness (QED) is 0.582. The molecule has 0 heterocycles. The molecule has 140 valence electrons. The van der Waals surface area contributed by atoms with Crippen molar-refractivity contribution in [3.63, 3.8) is 0 Å². The van der Waals surface area contributed by atoms with Crippen LogP contribution in [0.4, 0.5) is 14.5 Å². The summed E-state index contributed by atoms with van der Waals surface area (Å²) >= 11 is 5.64. The van der Waals surface area contributed by atoms with Gasteiger partial charge >= 0.3 is 5.97 Å². The van der Waals surface area contributed by atoms with E-state index in [0.29, 0.717) is 18.9 Å². The Morgan fingerprint density at radius 3 is 2.44 bits per heavy atom. The van der Waals surface area contributed by atoms with E-state index in [9.17, 15) is 26.8 Å². The second-order valence-electron chi connectivity index (χ2n) is 5.20. The van der Waals surface area contributed by atoms with Crippen LogP contribution in [0.5, 0.6) is 0 Å². The van der Waals surface area contributed by atoms with E-state index in [1.165, 1.54) is 0 Å². The number of anilines is 1. The summed E-state index contributed by atoms with van der Waals surface area (Å²) in [6.07, 6.45) is 0.949. The number of carbonyl (C=O) groups excluding carboxylic acids is 1. The minimum Gasteiger partial charge on any atom is -0.480 e. The van der Waals surface area contributed by atoms with Crippen LogP contribution < -0.4 is 10.0 Å². The van der Waals surface area contributed by atoms with E-state index >= 15 is 0 Å². The number of benzene rings is 1. The van der Waals surface area contributed by atoms with Crippen LogP contribution in [0.1, 0.15) is 33.1 Å². The molecule has 1 rings (SSSR count). The molecule has 0 unspecified atom stereocenters. The average Bonchev–Trinajstić information content (AvgIpc) is 2.47. The number of rotatable bonds is 8. The number of nitrogens with one attached hydrogen (secondary N) is 2. The highest BCUT2D eigenvalue weighted by atomic mass is 35.5. The zero-order valence-electron chi connectivity index (χ0n) is 13.4. The monoisotopic (exact) mass is 398 g/mol. The number of carbonyl (C=O) groups is 2. The lowest BCUT2D eigenvalue weighted by Gasteiger charge is -2.16. The Balaban J connectivity index is 3.31. The molecular formula is C14H17ClF2N2O5S. The number of hydrogen-bond acceptors (Lipinski definition) is 4. The molecule has 0 bridgehead atoms. The average molecular weight is 399 g/mol. The summed E-state index contributed by atoms with van der Waals surface area (Å²) in [7, 11) is -4.84. The molecule has 0 fully saturated rings. The van der Waals surface area contributed by atoms with Gasteiger partial charge in [0.2, 0.25) is 15.9 Å². The van der Waals surface area contributed by atoms with Crippen molar-refractivity contribution in [2.24, 2.45) is 0 Å². The van der Waals surface area contributed by atoms with Crippen molar-refractivity contribution in [2.75, 3.05) is 5.32 Å². The van der Waals surface area contributed by atoms with Crippen molar-refractivity contribution in [1.29, 1.82) is 0 Å². The summed E-state index contributed by atoms with van der Waals surface area (Å²) in [6.45, 7) is 2.84. The molecule has 3 N–H and O–H groups in total. The van der Waals surface area contributed by atoms with Gasteiger partial charge in [-0.2, -0.15) is 4.72 Å². The molecule has 0 aromatic heterocycles. The van der Waals surface area contributed by atoms with Gasteiger partial charge < -0.3 is 10.4 Å². The largest absolute Gasteiger partial charge is 0.480 e. The number of hydrogen-bond donors (Lipinski definition) is 3. The Bertz CT molecular complexity index is 786. The topological polar surface area (TPSA) is 113 Å². The molecule has 1 amide bonds. The summed E-state index contributed by atoms with van der Waals surface area (Å²) in [6, 6.07) is -0.999. The van der Waals surface area contributed by atoms with E-state index in [1.807, 2.05) is 0 Å². The van der Waals surface area contributed by atoms with E-state index < -0.39 is 55.2 Å². The maximum absolute atomic E-state index is 14.3. The van der Waals surface area contributed by atoms with E-state index in [0.717, 1.165) is 6.92 Å². The van der Waals surface area contributed by atoms with Gasteiger partial charge in [0.1, 0.15) is 16.9 Å². The van der Waals surface area contributed by atoms with Gasteiger partial charge in [-0.1, -0.05) is 31.4 Å². The number of carboxylic acids is 1. The summed E-state index contributed by atoms with van der Waals surface area (Å²) in [4.78, 5) is 20.7. The number of carboxylic acid groups (broad SMARTS) is 1. The van der Waals surface area contributed by atoms with Gasteiger partial charge in [0.05, 0.1) is 5.69 Å².